The van der Waals surface area contributed by atoms with E-state index in [0.717, 1.165) is 28.6 Å². The molecule has 0 radical (unpaired) electrons. The first-order valence-corrected chi connectivity index (χ1v) is 6.11. The fourth-order valence-electron chi connectivity index (χ4n) is 1.60. The van der Waals surface area contributed by atoms with Crippen molar-refractivity contribution in [3.63, 3.8) is 0 Å². The summed E-state index contributed by atoms with van der Waals surface area (Å²) in [7, 11) is 1.89. The molecule has 0 aliphatic heterocycles. The van der Waals surface area contributed by atoms with Gasteiger partial charge >= 0.3 is 0 Å². The first-order chi connectivity index (χ1) is 8.69. The molecule has 4 heteroatoms. The van der Waals surface area contributed by atoms with Crippen LogP contribution in [0.2, 0.25) is 5.02 Å². The van der Waals surface area contributed by atoms with E-state index in [0.29, 0.717) is 5.88 Å². The van der Waals surface area contributed by atoms with Crippen molar-refractivity contribution >= 4 is 11.6 Å². The predicted octanol–water partition coefficient (Wildman–Crippen LogP) is 3.56. The molecule has 0 saturated carbocycles. The van der Waals surface area contributed by atoms with Crippen LogP contribution in [0.1, 0.15) is 11.3 Å². The quantitative estimate of drug-likeness (QED) is 0.915. The molecule has 1 N–H and O–H groups in total. The Balaban J connectivity index is 2.17. The van der Waals surface area contributed by atoms with E-state index in [1.165, 1.54) is 0 Å². The number of rotatable bonds is 4. The molecule has 3 nitrogen and oxygen atoms in total. The van der Waals surface area contributed by atoms with Gasteiger partial charge in [-0.25, -0.2) is 4.98 Å². The lowest BCUT2D eigenvalue weighted by atomic mass is 10.2. The highest BCUT2D eigenvalue weighted by atomic mass is 35.5. The molecule has 0 amide bonds. The van der Waals surface area contributed by atoms with Gasteiger partial charge in [0.1, 0.15) is 5.75 Å². The molecule has 0 atom stereocenters. The maximum Gasteiger partial charge on any atom is 0.219 e. The predicted molar refractivity (Wildman–Crippen MR) is 73.3 cm³/mol. The van der Waals surface area contributed by atoms with Crippen LogP contribution in [0.5, 0.6) is 11.6 Å². The van der Waals surface area contributed by atoms with Crippen LogP contribution >= 0.6 is 11.6 Å². The second kappa shape index (κ2) is 5.85. The summed E-state index contributed by atoms with van der Waals surface area (Å²) in [6.07, 6.45) is 0. The zero-order valence-electron chi connectivity index (χ0n) is 10.4. The number of nitrogens with zero attached hydrogens (tertiary/aromatic N) is 1. The zero-order valence-corrected chi connectivity index (χ0v) is 11.2. The molecule has 0 fully saturated rings. The Morgan fingerprint density at radius 3 is 2.83 bits per heavy atom. The van der Waals surface area contributed by atoms with Crippen LogP contribution in [0, 0.1) is 6.92 Å². The van der Waals surface area contributed by atoms with E-state index in [-0.39, 0.29) is 0 Å². The van der Waals surface area contributed by atoms with Gasteiger partial charge in [-0.15, -0.1) is 0 Å². The fraction of sp³-hybridized carbons (Fsp3) is 0.214. The van der Waals surface area contributed by atoms with Crippen LogP contribution in [0.4, 0.5) is 0 Å². The molecular formula is C14H15ClN2O. The minimum absolute atomic E-state index is 0.587. The van der Waals surface area contributed by atoms with Gasteiger partial charge in [0.05, 0.1) is 5.69 Å². The normalized spacial score (nSPS) is 10.4. The van der Waals surface area contributed by atoms with Crippen molar-refractivity contribution in [3.05, 3.63) is 52.7 Å². The maximum atomic E-state index is 5.97. The second-order valence-electron chi connectivity index (χ2n) is 4.01. The third-order valence-electron chi connectivity index (χ3n) is 2.49. The summed E-state index contributed by atoms with van der Waals surface area (Å²) < 4.78 is 5.70. The molecule has 1 aromatic carbocycles. The van der Waals surface area contributed by atoms with Crippen LogP contribution in [0.3, 0.4) is 0 Å². The van der Waals surface area contributed by atoms with E-state index in [9.17, 15) is 0 Å². The Kier molecular flexibility index (Phi) is 4.18. The molecule has 0 spiro atoms. The smallest absolute Gasteiger partial charge is 0.219 e. The van der Waals surface area contributed by atoms with Crippen LogP contribution in [-0.2, 0) is 6.54 Å². The summed E-state index contributed by atoms with van der Waals surface area (Å²) >= 11 is 5.97. The molecule has 2 aromatic rings. The second-order valence-corrected chi connectivity index (χ2v) is 4.42. The van der Waals surface area contributed by atoms with E-state index in [2.05, 4.69) is 10.3 Å². The van der Waals surface area contributed by atoms with E-state index >= 15 is 0 Å². The molecule has 1 heterocycles. The molecule has 0 unspecified atom stereocenters. The number of ether oxygens (including phenoxy) is 1. The van der Waals surface area contributed by atoms with Crippen molar-refractivity contribution in [2.75, 3.05) is 7.05 Å². The van der Waals surface area contributed by atoms with E-state index in [1.807, 2.05) is 50.4 Å². The monoisotopic (exact) mass is 262 g/mol. The van der Waals surface area contributed by atoms with Gasteiger partial charge in [0.15, 0.2) is 0 Å². The van der Waals surface area contributed by atoms with Gasteiger partial charge in [-0.05, 0) is 43.8 Å². The minimum Gasteiger partial charge on any atom is -0.439 e. The summed E-state index contributed by atoms with van der Waals surface area (Å²) in [6, 6.07) is 11.3. The summed E-state index contributed by atoms with van der Waals surface area (Å²) in [5.41, 5.74) is 1.93. The molecule has 0 saturated heterocycles. The Bertz CT molecular complexity index is 543. The van der Waals surface area contributed by atoms with Crippen molar-refractivity contribution in [2.24, 2.45) is 0 Å². The summed E-state index contributed by atoms with van der Waals surface area (Å²) in [5, 5.41) is 3.79. The van der Waals surface area contributed by atoms with Crippen molar-refractivity contribution < 1.29 is 4.74 Å². The molecular weight excluding hydrogens is 248 g/mol. The lowest BCUT2D eigenvalue weighted by molar-refractivity contribution is 0.459. The van der Waals surface area contributed by atoms with Crippen LogP contribution in [0.25, 0.3) is 0 Å². The lowest BCUT2D eigenvalue weighted by Crippen LogP contribution is -2.06. The van der Waals surface area contributed by atoms with Gasteiger partial charge in [-0.3, -0.25) is 0 Å². The first kappa shape index (κ1) is 12.9. The molecule has 0 bridgehead atoms. The van der Waals surface area contributed by atoms with Gasteiger partial charge in [0.2, 0.25) is 5.88 Å². The third-order valence-corrected chi connectivity index (χ3v) is 2.92. The molecule has 0 aliphatic carbocycles. The minimum atomic E-state index is 0.587. The van der Waals surface area contributed by atoms with E-state index in [4.69, 9.17) is 16.3 Å². The average Bonchev–Trinajstić information content (AvgIpc) is 2.35. The van der Waals surface area contributed by atoms with Crippen LogP contribution in [0.15, 0.2) is 36.4 Å². The number of aryl methyl sites for hydroxylation is 1. The fourth-order valence-corrected chi connectivity index (χ4v) is 1.71. The maximum absolute atomic E-state index is 5.97. The van der Waals surface area contributed by atoms with Gasteiger partial charge in [-0.2, -0.15) is 0 Å². The van der Waals surface area contributed by atoms with Crippen molar-refractivity contribution in [3.8, 4) is 11.6 Å². The summed E-state index contributed by atoms with van der Waals surface area (Å²) in [5.74, 6) is 1.33. The number of halogens is 1. The number of hydrogen-bond acceptors (Lipinski definition) is 3. The number of benzene rings is 1. The molecule has 0 aliphatic rings. The average molecular weight is 263 g/mol. The third kappa shape index (κ3) is 3.22. The number of hydrogen-bond donors (Lipinski definition) is 1. The zero-order chi connectivity index (χ0) is 13.0. The van der Waals surface area contributed by atoms with Gasteiger partial charge in [0, 0.05) is 17.6 Å². The molecule has 94 valence electrons. The molecule has 18 heavy (non-hydrogen) atoms. The first-order valence-electron chi connectivity index (χ1n) is 5.73. The lowest BCUT2D eigenvalue weighted by Gasteiger charge is -2.07. The van der Waals surface area contributed by atoms with E-state index < -0.39 is 0 Å². The van der Waals surface area contributed by atoms with Gasteiger partial charge < -0.3 is 10.1 Å². The number of pyridine rings is 1. The summed E-state index contributed by atoms with van der Waals surface area (Å²) in [6.45, 7) is 2.66. The largest absolute Gasteiger partial charge is 0.439 e. The highest BCUT2D eigenvalue weighted by molar-refractivity contribution is 6.31. The van der Waals surface area contributed by atoms with Crippen molar-refractivity contribution in [2.45, 2.75) is 13.5 Å². The van der Waals surface area contributed by atoms with Gasteiger partial charge in [-0.1, -0.05) is 17.7 Å². The summed E-state index contributed by atoms with van der Waals surface area (Å²) in [4.78, 5) is 4.39. The molecule has 1 aromatic heterocycles. The topological polar surface area (TPSA) is 34.1 Å². The van der Waals surface area contributed by atoms with Crippen molar-refractivity contribution in [1.29, 1.82) is 0 Å². The Morgan fingerprint density at radius 1 is 1.28 bits per heavy atom. The van der Waals surface area contributed by atoms with Crippen LogP contribution in [-0.4, -0.2) is 12.0 Å². The Hall–Kier alpha value is -1.58. The highest BCUT2D eigenvalue weighted by Crippen LogP contribution is 2.24. The Labute approximate surface area is 112 Å². The molecule has 2 rings (SSSR count). The van der Waals surface area contributed by atoms with Crippen molar-refractivity contribution in [1.82, 2.24) is 10.3 Å². The van der Waals surface area contributed by atoms with E-state index in [1.54, 1.807) is 0 Å². The SMILES string of the molecule is CNCc1cccc(Oc2ccc(Cl)c(C)c2)n1. The standard InChI is InChI=1S/C14H15ClN2O/c1-10-8-12(6-7-13(10)15)18-14-5-3-4-11(17-14)9-16-2/h3-8,16H,9H2,1-2H3. The number of nitrogens with one attached hydrogen (secondary N) is 1. The number of aromatic nitrogens is 1. The highest BCUT2D eigenvalue weighted by Gasteiger charge is 2.02. The van der Waals surface area contributed by atoms with Gasteiger partial charge in [0.25, 0.3) is 0 Å². The van der Waals surface area contributed by atoms with Crippen LogP contribution < -0.4 is 10.1 Å². The Morgan fingerprint density at radius 2 is 2.11 bits per heavy atom.